The van der Waals surface area contributed by atoms with E-state index in [-0.39, 0.29) is 13.0 Å². The number of ether oxygens (including phenoxy) is 1. The summed E-state index contributed by atoms with van der Waals surface area (Å²) < 4.78 is 49.0. The predicted octanol–water partition coefficient (Wildman–Crippen LogP) is 7.46. The fourth-order valence-corrected chi connectivity index (χ4v) is 37.2. The van der Waals surface area contributed by atoms with E-state index < -0.39 is 84.6 Å². The van der Waals surface area contributed by atoms with E-state index in [1.807, 2.05) is 0 Å². The second-order valence-corrected chi connectivity index (χ2v) is 51.3. The third-order valence-electron chi connectivity index (χ3n) is 4.56. The molecule has 10 nitrogen and oxygen atoms in total. The van der Waals surface area contributed by atoms with E-state index in [0.717, 1.165) is 12.2 Å². The molecular formula is C25H62O10Si8. The van der Waals surface area contributed by atoms with Crippen molar-refractivity contribution in [1.29, 1.82) is 0 Å². The number of carbonyl (C=O) groups excluding carboxylic acids is 1. The Balaban J connectivity index is 7.89. The van der Waals surface area contributed by atoms with E-state index in [1.54, 1.807) is 0 Å². The van der Waals surface area contributed by atoms with Gasteiger partial charge in [0.1, 0.15) is 0 Å². The highest BCUT2D eigenvalue weighted by atomic mass is 28.6. The lowest BCUT2D eigenvalue weighted by Crippen LogP contribution is -2.73. The van der Waals surface area contributed by atoms with Crippen LogP contribution in [-0.2, 0) is 39.0 Å². The molecule has 0 heterocycles. The highest BCUT2D eigenvalue weighted by Gasteiger charge is 2.69. The summed E-state index contributed by atoms with van der Waals surface area (Å²) in [6.45, 7) is 38.3. The van der Waals surface area contributed by atoms with Crippen LogP contribution in [0.4, 0.5) is 0 Å². The Labute approximate surface area is 270 Å². The van der Waals surface area contributed by atoms with E-state index in [0.29, 0.717) is 0 Å². The summed E-state index contributed by atoms with van der Waals surface area (Å²) in [6.07, 6.45) is 1.95. The first-order valence-corrected chi connectivity index (χ1v) is 39.0. The number of carboxylic acids is 1. The molecule has 0 aromatic heterocycles. The van der Waals surface area contributed by atoms with Gasteiger partial charge in [-0.05, 0) is 124 Å². The molecule has 0 saturated carbocycles. The molecular weight excluding hydrogens is 685 g/mol. The molecule has 0 amide bonds. The highest BCUT2D eigenvalue weighted by molar-refractivity contribution is 7.01. The molecule has 0 aromatic rings. The number of aliphatic carboxylic acids is 1. The molecule has 1 N–H and O–H groups in total. The average Bonchev–Trinajstić information content (AvgIpc) is 2.60. The molecule has 0 spiro atoms. The molecule has 0 aliphatic rings. The van der Waals surface area contributed by atoms with Gasteiger partial charge >= 0.3 is 29.5 Å². The SMILES string of the molecule is C[Si](C)(C)O[Si](O[Si](C)(C)C)(O[Si](C)(C)C)C(CCOC(=O)/C=C/C(=O)O)[Si](O[Si](C)(C)C)(O[Si](C)(C)C)O[Si](C)(C)C. The van der Waals surface area contributed by atoms with Crippen LogP contribution in [0, 0.1) is 0 Å². The van der Waals surface area contributed by atoms with Crippen molar-refractivity contribution in [2.75, 3.05) is 6.61 Å². The maximum atomic E-state index is 12.5. The fourth-order valence-electron chi connectivity index (χ4n) is 4.15. The standard InChI is InChI=1S/C25H62O10Si8/c1-36(2,3)30-42(31-37(4,5)6,32-38(7,8)9)25(21-22-29-24(28)20-19-23(26)27)43(33-39(10,11)12,34-40(13,14)15)35-41(16,17)18/h19-20,25H,21-22H2,1-18H3,(H,26,27)/b20-19+. The lowest BCUT2D eigenvalue weighted by Gasteiger charge is -2.53. The van der Waals surface area contributed by atoms with Gasteiger partial charge in [-0.25, -0.2) is 9.59 Å². The van der Waals surface area contributed by atoms with E-state index in [9.17, 15) is 9.59 Å². The van der Waals surface area contributed by atoms with Gasteiger partial charge in [0.2, 0.25) is 0 Å². The normalized spacial score (nSPS) is 15.0. The topological polar surface area (TPSA) is 119 Å². The van der Waals surface area contributed by atoms with Crippen LogP contribution < -0.4 is 0 Å². The molecule has 0 aromatic carbocycles. The Morgan fingerprint density at radius 3 is 0.977 bits per heavy atom. The van der Waals surface area contributed by atoms with Crippen LogP contribution in [0.5, 0.6) is 0 Å². The number of rotatable bonds is 19. The van der Waals surface area contributed by atoms with Crippen molar-refractivity contribution in [3.05, 3.63) is 12.2 Å². The van der Waals surface area contributed by atoms with Crippen LogP contribution >= 0.6 is 0 Å². The number of esters is 1. The monoisotopic (exact) mass is 746 g/mol. The second-order valence-electron chi connectivity index (χ2n) is 16.7. The van der Waals surface area contributed by atoms with Crippen molar-refractivity contribution >= 4 is 79.5 Å². The van der Waals surface area contributed by atoms with Crippen LogP contribution in [0.2, 0.25) is 123 Å². The lowest BCUT2D eigenvalue weighted by molar-refractivity contribution is -0.138. The van der Waals surface area contributed by atoms with Crippen LogP contribution in [0.25, 0.3) is 0 Å². The minimum atomic E-state index is -3.74. The van der Waals surface area contributed by atoms with Crippen molar-refractivity contribution in [3.8, 4) is 0 Å². The molecule has 254 valence electrons. The predicted molar refractivity (Wildman–Crippen MR) is 194 cm³/mol. The Bertz CT molecular complexity index is 814. The summed E-state index contributed by atoms with van der Waals surface area (Å²) in [4.78, 5) is 23.5. The summed E-state index contributed by atoms with van der Waals surface area (Å²) in [5.74, 6) is -1.97. The third-order valence-corrected chi connectivity index (χ3v) is 30.5. The van der Waals surface area contributed by atoms with Gasteiger partial charge in [0.15, 0.2) is 49.9 Å². The summed E-state index contributed by atoms with van der Waals surface area (Å²) in [5, 5.41) is 8.42. The van der Waals surface area contributed by atoms with Crippen molar-refractivity contribution in [2.45, 2.75) is 129 Å². The summed E-state index contributed by atoms with van der Waals surface area (Å²) >= 11 is 0. The zero-order valence-corrected chi connectivity index (χ0v) is 38.3. The Morgan fingerprint density at radius 1 is 0.512 bits per heavy atom. The van der Waals surface area contributed by atoms with Gasteiger partial charge in [0, 0.05) is 12.2 Å². The minimum absolute atomic E-state index is 0.0324. The van der Waals surface area contributed by atoms with Gasteiger partial charge in [0.25, 0.3) is 0 Å². The first kappa shape index (κ1) is 43.2. The first-order valence-electron chi connectivity index (χ1n) is 15.0. The zero-order valence-electron chi connectivity index (χ0n) is 30.3. The zero-order chi connectivity index (χ0) is 34.5. The molecule has 0 aliphatic carbocycles. The summed E-state index contributed by atoms with van der Waals surface area (Å²) in [7, 11) is -21.5. The molecule has 0 aliphatic heterocycles. The molecule has 0 atom stereocenters. The molecule has 0 radical (unpaired) electrons. The fraction of sp³-hybridized carbons (Fsp3) is 0.840. The minimum Gasteiger partial charge on any atom is -0.478 e. The Hall–Kier alpha value is 0.175. The highest BCUT2D eigenvalue weighted by Crippen LogP contribution is 2.46. The van der Waals surface area contributed by atoms with Crippen LogP contribution in [-0.4, -0.2) is 91.2 Å². The maximum Gasteiger partial charge on any atom is 0.477 e. The van der Waals surface area contributed by atoms with E-state index >= 15 is 0 Å². The molecule has 18 heteroatoms. The maximum absolute atomic E-state index is 12.5. The third kappa shape index (κ3) is 19.4. The Morgan fingerprint density at radius 2 is 0.767 bits per heavy atom. The van der Waals surface area contributed by atoms with Crippen LogP contribution in [0.15, 0.2) is 12.2 Å². The number of hydrogen-bond acceptors (Lipinski definition) is 9. The summed E-state index contributed by atoms with van der Waals surface area (Å²) in [6, 6.07) is 0. The molecule has 0 bridgehead atoms. The molecule has 43 heavy (non-hydrogen) atoms. The average molecular weight is 747 g/mol. The van der Waals surface area contributed by atoms with Gasteiger partial charge in [-0.3, -0.25) is 0 Å². The second kappa shape index (κ2) is 15.4. The van der Waals surface area contributed by atoms with Gasteiger partial charge in [-0.15, -0.1) is 0 Å². The van der Waals surface area contributed by atoms with E-state index in [4.69, 9.17) is 34.5 Å². The smallest absolute Gasteiger partial charge is 0.477 e. The van der Waals surface area contributed by atoms with E-state index in [2.05, 4.69) is 118 Å². The van der Waals surface area contributed by atoms with Crippen molar-refractivity contribution in [3.63, 3.8) is 0 Å². The van der Waals surface area contributed by atoms with Crippen molar-refractivity contribution in [1.82, 2.24) is 0 Å². The van der Waals surface area contributed by atoms with Crippen molar-refractivity contribution in [2.24, 2.45) is 0 Å². The van der Waals surface area contributed by atoms with E-state index in [1.165, 1.54) is 0 Å². The first-order chi connectivity index (χ1) is 18.7. The Kier molecular flexibility index (Phi) is 15.4. The number of carboxylic acid groups (broad SMARTS) is 1. The lowest BCUT2D eigenvalue weighted by atomic mass is 10.5. The molecule has 0 saturated heterocycles. The number of carbonyl (C=O) groups is 2. The quantitative estimate of drug-likeness (QED) is 0.0811. The van der Waals surface area contributed by atoms with Gasteiger partial charge in [-0.2, -0.15) is 0 Å². The van der Waals surface area contributed by atoms with Crippen LogP contribution in [0.3, 0.4) is 0 Å². The van der Waals surface area contributed by atoms with Crippen molar-refractivity contribution < 1.29 is 44.1 Å². The molecule has 0 fully saturated rings. The van der Waals surface area contributed by atoms with Gasteiger partial charge in [-0.1, -0.05) is 0 Å². The van der Waals surface area contributed by atoms with Gasteiger partial charge in [0.05, 0.1) is 11.8 Å². The van der Waals surface area contributed by atoms with Crippen LogP contribution in [0.1, 0.15) is 6.42 Å². The summed E-state index contributed by atoms with van der Waals surface area (Å²) in [5.41, 5.74) is 0. The largest absolute Gasteiger partial charge is 0.478 e. The molecule has 0 unspecified atom stereocenters. The van der Waals surface area contributed by atoms with Gasteiger partial charge < -0.3 is 34.5 Å². The molecule has 0 rings (SSSR count). The number of hydrogen-bond donors (Lipinski definition) is 1.